The first-order chi connectivity index (χ1) is 12.7. The number of hydrogen-bond acceptors (Lipinski definition) is 6. The van der Waals surface area contributed by atoms with Crippen molar-refractivity contribution in [2.45, 2.75) is 24.8 Å². The number of halogens is 1. The maximum absolute atomic E-state index is 13.1. The summed E-state index contributed by atoms with van der Waals surface area (Å²) in [7, 11) is 0. The summed E-state index contributed by atoms with van der Waals surface area (Å²) < 4.78 is 13.1. The van der Waals surface area contributed by atoms with Gasteiger partial charge in [0.25, 0.3) is 0 Å². The fourth-order valence-corrected chi connectivity index (χ4v) is 2.73. The lowest BCUT2D eigenvalue weighted by Crippen LogP contribution is -2.16. The largest absolute Gasteiger partial charge is 0.394 e. The molecule has 7 nitrogen and oxygen atoms in total. The molecule has 8 heteroatoms. The SMILES string of the molecule is OC[C@H](Nc1ccnc(Nc2cc(C3CC3)[nH]n2)n1)c1ccc(F)cc1. The van der Waals surface area contributed by atoms with Crippen molar-refractivity contribution in [1.29, 1.82) is 0 Å². The molecule has 1 aromatic carbocycles. The quantitative estimate of drug-likeness (QED) is 0.520. The molecule has 0 unspecified atom stereocenters. The van der Waals surface area contributed by atoms with Crippen LogP contribution in [0.15, 0.2) is 42.6 Å². The van der Waals surface area contributed by atoms with Crippen molar-refractivity contribution in [3.63, 3.8) is 0 Å². The molecule has 3 aromatic rings. The minimum absolute atomic E-state index is 0.150. The van der Waals surface area contributed by atoms with Crippen LogP contribution in [-0.2, 0) is 0 Å². The number of anilines is 3. The second-order valence-corrected chi connectivity index (χ2v) is 6.30. The third-order valence-electron chi connectivity index (χ3n) is 4.29. The second kappa shape index (κ2) is 7.09. The topological polar surface area (TPSA) is 98.8 Å². The predicted molar refractivity (Wildman–Crippen MR) is 95.7 cm³/mol. The smallest absolute Gasteiger partial charge is 0.230 e. The first-order valence-corrected chi connectivity index (χ1v) is 8.49. The van der Waals surface area contributed by atoms with E-state index in [2.05, 4.69) is 30.8 Å². The Balaban J connectivity index is 1.46. The molecule has 134 valence electrons. The van der Waals surface area contributed by atoms with Crippen LogP contribution in [0.25, 0.3) is 0 Å². The minimum atomic E-state index is -0.398. The Morgan fingerprint density at radius 3 is 2.73 bits per heavy atom. The fourth-order valence-electron chi connectivity index (χ4n) is 2.73. The summed E-state index contributed by atoms with van der Waals surface area (Å²) in [6.45, 7) is -0.150. The van der Waals surface area contributed by atoms with E-state index in [0.29, 0.717) is 23.5 Å². The van der Waals surface area contributed by atoms with Crippen molar-refractivity contribution in [2.24, 2.45) is 0 Å². The van der Waals surface area contributed by atoms with E-state index in [1.165, 1.54) is 25.0 Å². The summed E-state index contributed by atoms with van der Waals surface area (Å²) in [5.41, 5.74) is 1.89. The van der Waals surface area contributed by atoms with Crippen molar-refractivity contribution in [2.75, 3.05) is 17.2 Å². The third-order valence-corrected chi connectivity index (χ3v) is 4.29. The van der Waals surface area contributed by atoms with Crippen molar-refractivity contribution in [1.82, 2.24) is 20.2 Å². The molecule has 4 rings (SSSR count). The maximum Gasteiger partial charge on any atom is 0.230 e. The van der Waals surface area contributed by atoms with Gasteiger partial charge in [-0.05, 0) is 36.6 Å². The zero-order valence-corrected chi connectivity index (χ0v) is 14.0. The van der Waals surface area contributed by atoms with Gasteiger partial charge in [-0.15, -0.1) is 0 Å². The van der Waals surface area contributed by atoms with Gasteiger partial charge in [0.05, 0.1) is 12.6 Å². The second-order valence-electron chi connectivity index (χ2n) is 6.30. The molecular formula is C18H19FN6O. The minimum Gasteiger partial charge on any atom is -0.394 e. The molecule has 2 aromatic heterocycles. The Labute approximate surface area is 149 Å². The highest BCUT2D eigenvalue weighted by Crippen LogP contribution is 2.39. The summed E-state index contributed by atoms with van der Waals surface area (Å²) >= 11 is 0. The lowest BCUT2D eigenvalue weighted by atomic mass is 10.1. The van der Waals surface area contributed by atoms with E-state index in [9.17, 15) is 9.50 Å². The average molecular weight is 354 g/mol. The normalized spacial score (nSPS) is 14.8. The number of benzene rings is 1. The number of rotatable bonds is 7. The molecule has 1 saturated carbocycles. The number of aliphatic hydroxyl groups is 1. The van der Waals surface area contributed by atoms with Crippen LogP contribution in [0.3, 0.4) is 0 Å². The van der Waals surface area contributed by atoms with Crippen molar-refractivity contribution >= 4 is 17.6 Å². The molecule has 4 N–H and O–H groups in total. The molecule has 1 atom stereocenters. The summed E-state index contributed by atoms with van der Waals surface area (Å²) in [5, 5.41) is 23.1. The maximum atomic E-state index is 13.1. The number of aromatic nitrogens is 4. The van der Waals surface area contributed by atoms with Gasteiger partial charge in [0, 0.05) is 23.9 Å². The molecule has 0 spiro atoms. The van der Waals surface area contributed by atoms with E-state index in [4.69, 9.17) is 0 Å². The Morgan fingerprint density at radius 2 is 2.00 bits per heavy atom. The molecule has 1 aliphatic carbocycles. The lowest BCUT2D eigenvalue weighted by Gasteiger charge is -2.17. The first-order valence-electron chi connectivity index (χ1n) is 8.49. The molecule has 0 bridgehead atoms. The molecule has 0 aliphatic heterocycles. The van der Waals surface area contributed by atoms with Crippen molar-refractivity contribution in [3.8, 4) is 0 Å². The van der Waals surface area contributed by atoms with Crippen LogP contribution in [0, 0.1) is 5.82 Å². The van der Waals surface area contributed by atoms with Gasteiger partial charge in [0.15, 0.2) is 5.82 Å². The zero-order chi connectivity index (χ0) is 17.9. The molecule has 0 radical (unpaired) electrons. The third kappa shape index (κ3) is 3.80. The van der Waals surface area contributed by atoms with E-state index < -0.39 is 6.04 Å². The van der Waals surface area contributed by atoms with Gasteiger partial charge in [-0.1, -0.05) is 12.1 Å². The van der Waals surface area contributed by atoms with Gasteiger partial charge in [0.1, 0.15) is 11.6 Å². The van der Waals surface area contributed by atoms with Crippen LogP contribution in [0.5, 0.6) is 0 Å². The predicted octanol–water partition coefficient (Wildman–Crippen LogP) is 3.11. The Kier molecular flexibility index (Phi) is 4.49. The van der Waals surface area contributed by atoms with E-state index in [1.807, 2.05) is 6.07 Å². The van der Waals surface area contributed by atoms with Crippen LogP contribution < -0.4 is 10.6 Å². The molecular weight excluding hydrogens is 335 g/mol. The highest BCUT2D eigenvalue weighted by Gasteiger charge is 2.25. The first kappa shape index (κ1) is 16.5. The number of hydrogen-bond donors (Lipinski definition) is 4. The van der Waals surface area contributed by atoms with E-state index in [1.54, 1.807) is 24.4 Å². The highest BCUT2D eigenvalue weighted by molar-refractivity contribution is 5.51. The van der Waals surface area contributed by atoms with E-state index in [0.717, 1.165) is 11.3 Å². The molecule has 1 aliphatic rings. The Hall–Kier alpha value is -3.00. The van der Waals surface area contributed by atoms with Crippen LogP contribution in [0.4, 0.5) is 22.0 Å². The van der Waals surface area contributed by atoms with Crippen LogP contribution in [0.1, 0.15) is 36.1 Å². The van der Waals surface area contributed by atoms with Gasteiger partial charge in [0.2, 0.25) is 5.95 Å². The number of nitrogens with one attached hydrogen (secondary N) is 3. The number of H-pyrrole nitrogens is 1. The summed E-state index contributed by atoms with van der Waals surface area (Å²) in [5.74, 6) is 1.89. The van der Waals surface area contributed by atoms with E-state index >= 15 is 0 Å². The zero-order valence-electron chi connectivity index (χ0n) is 14.0. The number of aliphatic hydroxyl groups excluding tert-OH is 1. The van der Waals surface area contributed by atoms with Crippen molar-refractivity contribution < 1.29 is 9.50 Å². The van der Waals surface area contributed by atoms with Gasteiger partial charge in [-0.2, -0.15) is 10.1 Å². The molecule has 2 heterocycles. The van der Waals surface area contributed by atoms with Gasteiger partial charge >= 0.3 is 0 Å². The monoisotopic (exact) mass is 354 g/mol. The van der Waals surface area contributed by atoms with E-state index in [-0.39, 0.29) is 12.4 Å². The number of aromatic amines is 1. The summed E-state index contributed by atoms with van der Waals surface area (Å²) in [6, 6.07) is 9.27. The van der Waals surface area contributed by atoms with Gasteiger partial charge < -0.3 is 15.7 Å². The van der Waals surface area contributed by atoms with Crippen LogP contribution in [0.2, 0.25) is 0 Å². The molecule has 26 heavy (non-hydrogen) atoms. The van der Waals surface area contributed by atoms with Crippen LogP contribution in [-0.4, -0.2) is 31.9 Å². The van der Waals surface area contributed by atoms with Crippen LogP contribution >= 0.6 is 0 Å². The van der Waals surface area contributed by atoms with Crippen molar-refractivity contribution in [3.05, 3.63) is 59.7 Å². The molecule has 0 amide bonds. The molecule has 0 saturated heterocycles. The Bertz CT molecular complexity index is 877. The molecule has 1 fully saturated rings. The average Bonchev–Trinajstić information content (AvgIpc) is 3.41. The standard InChI is InChI=1S/C18H19FN6O/c19-13-5-3-12(4-6-13)15(10-26)21-16-7-8-20-18(22-16)23-17-9-14(24-25-17)11-1-2-11/h3-9,11,15,26H,1-2,10H2,(H3,20,21,22,23,24,25)/t15-/m0/s1. The van der Waals surface area contributed by atoms with Gasteiger partial charge in [-0.3, -0.25) is 5.10 Å². The fraction of sp³-hybridized carbons (Fsp3) is 0.278. The number of nitrogens with zero attached hydrogens (tertiary/aromatic N) is 3. The Morgan fingerprint density at radius 1 is 1.19 bits per heavy atom. The highest BCUT2D eigenvalue weighted by atomic mass is 19.1. The summed E-state index contributed by atoms with van der Waals surface area (Å²) in [4.78, 5) is 8.59. The summed E-state index contributed by atoms with van der Waals surface area (Å²) in [6.07, 6.45) is 4.01. The lowest BCUT2D eigenvalue weighted by molar-refractivity contribution is 0.276. The van der Waals surface area contributed by atoms with Gasteiger partial charge in [-0.25, -0.2) is 9.37 Å².